The molecule has 1 aliphatic rings. The van der Waals surface area contributed by atoms with E-state index in [0.29, 0.717) is 19.4 Å². The molecule has 1 heterocycles. The van der Waals surface area contributed by atoms with Crippen molar-refractivity contribution in [2.45, 2.75) is 43.8 Å². The number of phenols is 1. The minimum atomic E-state index is -0.845. The van der Waals surface area contributed by atoms with Gasteiger partial charge in [0.15, 0.2) is 0 Å². The zero-order valence-corrected chi connectivity index (χ0v) is 19.1. The Balaban J connectivity index is 1.64. The number of nitriles is 1. The fraction of sp³-hybridized carbons (Fsp3) is 0.333. The van der Waals surface area contributed by atoms with Crippen molar-refractivity contribution >= 4 is 17.4 Å². The third-order valence-electron chi connectivity index (χ3n) is 5.91. The first kappa shape index (κ1) is 25.5. The Kier molecular flexibility index (Phi) is 8.58. The van der Waals surface area contributed by atoms with Gasteiger partial charge >= 0.3 is 0 Å². The van der Waals surface area contributed by atoms with E-state index in [4.69, 9.17) is 21.1 Å². The minimum Gasteiger partial charge on any atom is -0.508 e. The number of anilines is 1. The third kappa shape index (κ3) is 7.41. The topological polar surface area (TPSA) is 169 Å². The van der Waals surface area contributed by atoms with E-state index < -0.39 is 17.4 Å². The summed E-state index contributed by atoms with van der Waals surface area (Å²) < 4.78 is 18.4. The van der Waals surface area contributed by atoms with Crippen LogP contribution >= 0.6 is 0 Å². The number of phenolic OH excluding ortho intramolecular Hbond substituents is 1. The molecule has 2 aromatic rings. The van der Waals surface area contributed by atoms with Crippen LogP contribution in [0.3, 0.4) is 0 Å². The molecule has 1 aromatic heterocycles. The van der Waals surface area contributed by atoms with E-state index in [1.165, 1.54) is 18.5 Å². The Morgan fingerprint density at radius 3 is 2.80 bits per heavy atom. The lowest BCUT2D eigenvalue weighted by atomic mass is 9.79. The van der Waals surface area contributed by atoms with Crippen LogP contribution in [0.1, 0.15) is 31.2 Å². The molecule has 11 heteroatoms. The molecule has 184 valence electrons. The van der Waals surface area contributed by atoms with Crippen LogP contribution in [-0.4, -0.2) is 40.0 Å². The monoisotopic (exact) mass is 481 g/mol. The highest BCUT2D eigenvalue weighted by atomic mass is 19.1. The van der Waals surface area contributed by atoms with Crippen molar-refractivity contribution < 1.29 is 19.0 Å². The fourth-order valence-electron chi connectivity index (χ4n) is 3.99. The van der Waals surface area contributed by atoms with E-state index in [-0.39, 0.29) is 35.5 Å². The highest BCUT2D eigenvalue weighted by Crippen LogP contribution is 2.29. The highest BCUT2D eigenvalue weighted by Gasteiger charge is 2.36. The standard InChI is InChI=1S/C24H28FN7O3/c25-21-11-18(6-9-29-21)32-22(27)20(23(28)34)13-31-24(14-35-15-26)7-4-17(5-8-24)30-12-16-2-1-3-19(33)10-16/h1-3,6,9-11,13,17,30-31,33H,4-5,7-8,12,14H2,(H2,28,34)(H2,27,29,32)/b20-13+. The van der Waals surface area contributed by atoms with Gasteiger partial charge in [0.05, 0.1) is 11.1 Å². The molecule has 1 fully saturated rings. The minimum absolute atomic E-state index is 0.0850. The van der Waals surface area contributed by atoms with Crippen molar-refractivity contribution in [3.8, 4) is 12.0 Å². The van der Waals surface area contributed by atoms with Crippen LogP contribution in [0.5, 0.6) is 5.75 Å². The molecule has 1 amide bonds. The first-order valence-corrected chi connectivity index (χ1v) is 11.1. The summed E-state index contributed by atoms with van der Waals surface area (Å²) in [6.45, 7) is 0.694. The molecule has 0 saturated heterocycles. The molecule has 10 nitrogen and oxygen atoms in total. The van der Waals surface area contributed by atoms with E-state index in [2.05, 4.69) is 20.9 Å². The Bertz CT molecular complexity index is 1120. The molecule has 3 rings (SSSR count). The number of nitrogens with one attached hydrogen (secondary N) is 4. The molecule has 1 aromatic carbocycles. The van der Waals surface area contributed by atoms with Crippen molar-refractivity contribution in [1.29, 1.82) is 10.7 Å². The maximum absolute atomic E-state index is 13.3. The number of hydrogen-bond acceptors (Lipinski definition) is 8. The second kappa shape index (κ2) is 11.8. The van der Waals surface area contributed by atoms with Gasteiger partial charge in [0.25, 0.3) is 12.2 Å². The summed E-state index contributed by atoms with van der Waals surface area (Å²) in [5, 5.41) is 36.0. The summed E-state index contributed by atoms with van der Waals surface area (Å²) in [5.41, 5.74) is 5.93. The number of carbonyl (C=O) groups excluding carboxylic acids is 1. The zero-order chi connectivity index (χ0) is 25.3. The number of nitrogens with zero attached hydrogens (tertiary/aromatic N) is 2. The fourth-order valence-corrected chi connectivity index (χ4v) is 3.99. The van der Waals surface area contributed by atoms with Gasteiger partial charge in [-0.2, -0.15) is 9.65 Å². The number of nitrogens with two attached hydrogens (primary N) is 1. The van der Waals surface area contributed by atoms with Gasteiger partial charge in [-0.15, -0.1) is 0 Å². The first-order valence-electron chi connectivity index (χ1n) is 11.1. The van der Waals surface area contributed by atoms with Crippen molar-refractivity contribution in [3.05, 3.63) is 65.9 Å². The average Bonchev–Trinajstić information content (AvgIpc) is 2.82. The van der Waals surface area contributed by atoms with Crippen LogP contribution in [0.15, 0.2) is 54.4 Å². The van der Waals surface area contributed by atoms with Crippen LogP contribution in [0.25, 0.3) is 0 Å². The summed E-state index contributed by atoms with van der Waals surface area (Å²) in [6.07, 6.45) is 7.07. The van der Waals surface area contributed by atoms with Crippen molar-refractivity contribution in [1.82, 2.24) is 15.6 Å². The van der Waals surface area contributed by atoms with Gasteiger partial charge in [-0.25, -0.2) is 4.98 Å². The molecule has 0 unspecified atom stereocenters. The molecular formula is C24H28FN7O3. The SMILES string of the molecule is N#COCC1(N/C=C(\C(=N)Nc2ccnc(F)c2)C(N)=O)CCC(NCc2cccc(O)c2)CC1. The highest BCUT2D eigenvalue weighted by molar-refractivity contribution is 6.23. The summed E-state index contributed by atoms with van der Waals surface area (Å²) in [7, 11) is 0. The molecule has 0 spiro atoms. The lowest BCUT2D eigenvalue weighted by molar-refractivity contribution is -0.114. The summed E-state index contributed by atoms with van der Waals surface area (Å²) in [5.74, 6) is -1.67. The Hall–Kier alpha value is -4.17. The third-order valence-corrected chi connectivity index (χ3v) is 5.91. The smallest absolute Gasteiger partial charge is 0.286 e. The Morgan fingerprint density at radius 2 is 2.14 bits per heavy atom. The van der Waals surface area contributed by atoms with Crippen molar-refractivity contribution in [3.63, 3.8) is 0 Å². The molecule has 0 bridgehead atoms. The van der Waals surface area contributed by atoms with Gasteiger partial charge in [0.2, 0.25) is 5.95 Å². The number of aromatic hydroxyl groups is 1. The average molecular weight is 482 g/mol. The number of halogens is 1. The van der Waals surface area contributed by atoms with E-state index in [9.17, 15) is 14.3 Å². The predicted octanol–water partition coefficient (Wildman–Crippen LogP) is 2.24. The second-order valence-electron chi connectivity index (χ2n) is 8.42. The van der Waals surface area contributed by atoms with Gasteiger partial charge in [-0.3, -0.25) is 10.2 Å². The first-order chi connectivity index (χ1) is 16.8. The molecule has 0 radical (unpaired) electrons. The van der Waals surface area contributed by atoms with Crippen LogP contribution in [0.4, 0.5) is 10.1 Å². The molecular weight excluding hydrogens is 453 g/mol. The summed E-state index contributed by atoms with van der Waals surface area (Å²) >= 11 is 0. The number of pyridine rings is 1. The van der Waals surface area contributed by atoms with E-state index >= 15 is 0 Å². The second-order valence-corrected chi connectivity index (χ2v) is 8.42. The lowest BCUT2D eigenvalue weighted by Gasteiger charge is -2.40. The van der Waals surface area contributed by atoms with Crippen LogP contribution in [-0.2, 0) is 16.1 Å². The Labute approximate surface area is 202 Å². The molecule has 7 N–H and O–H groups in total. The largest absolute Gasteiger partial charge is 0.508 e. The van der Waals surface area contributed by atoms with Crippen LogP contribution < -0.4 is 21.7 Å². The summed E-state index contributed by atoms with van der Waals surface area (Å²) in [4.78, 5) is 15.5. The van der Waals surface area contributed by atoms with Crippen LogP contribution in [0, 0.1) is 22.9 Å². The normalized spacial score (nSPS) is 19.9. The van der Waals surface area contributed by atoms with Gasteiger partial charge in [-0.05, 0) is 49.4 Å². The predicted molar refractivity (Wildman–Crippen MR) is 127 cm³/mol. The van der Waals surface area contributed by atoms with Gasteiger partial charge < -0.3 is 31.5 Å². The van der Waals surface area contributed by atoms with Crippen molar-refractivity contribution in [2.75, 3.05) is 11.9 Å². The maximum Gasteiger partial charge on any atom is 0.286 e. The zero-order valence-electron chi connectivity index (χ0n) is 19.1. The van der Waals surface area contributed by atoms with Crippen molar-refractivity contribution in [2.24, 2.45) is 5.73 Å². The lowest BCUT2D eigenvalue weighted by Crippen LogP contribution is -2.52. The number of carbonyl (C=O) groups is 1. The number of amidine groups is 1. The molecule has 0 aliphatic heterocycles. The van der Waals surface area contributed by atoms with Crippen LogP contribution in [0.2, 0.25) is 0 Å². The number of aromatic nitrogens is 1. The van der Waals surface area contributed by atoms with Gasteiger partial charge in [0.1, 0.15) is 18.2 Å². The molecule has 0 atom stereocenters. The molecule has 1 aliphatic carbocycles. The molecule has 1 saturated carbocycles. The number of rotatable bonds is 10. The number of amides is 1. The number of hydrogen-bond donors (Lipinski definition) is 6. The number of benzene rings is 1. The summed E-state index contributed by atoms with van der Waals surface area (Å²) in [6, 6.07) is 9.82. The number of ether oxygens (including phenoxy) is 1. The number of primary amides is 1. The Morgan fingerprint density at radius 1 is 1.37 bits per heavy atom. The molecule has 35 heavy (non-hydrogen) atoms. The van der Waals surface area contributed by atoms with E-state index in [1.54, 1.807) is 24.5 Å². The van der Waals surface area contributed by atoms with Gasteiger partial charge in [0, 0.05) is 36.7 Å². The van der Waals surface area contributed by atoms with E-state index in [1.807, 2.05) is 6.07 Å². The van der Waals surface area contributed by atoms with E-state index in [0.717, 1.165) is 24.5 Å². The quantitative estimate of drug-likeness (QED) is 0.0987. The maximum atomic E-state index is 13.3. The van der Waals surface area contributed by atoms with Gasteiger partial charge in [-0.1, -0.05) is 12.1 Å².